The van der Waals surface area contributed by atoms with E-state index in [9.17, 15) is 13.6 Å². The quantitative estimate of drug-likeness (QED) is 0.893. The van der Waals surface area contributed by atoms with E-state index in [2.05, 4.69) is 5.32 Å². The normalized spacial score (nSPS) is 16.8. The van der Waals surface area contributed by atoms with Crippen LogP contribution in [0.25, 0.3) is 0 Å². The van der Waals surface area contributed by atoms with Gasteiger partial charge in [0.2, 0.25) is 0 Å². The summed E-state index contributed by atoms with van der Waals surface area (Å²) in [5, 5.41) is 2.81. The minimum atomic E-state index is -0.839. The number of fused-ring (bicyclic) bond motifs is 1. The number of amides is 1. The minimum Gasteiger partial charge on any atom is -0.345 e. The molecule has 0 radical (unpaired) electrons. The SMILES string of the molecule is O=C(N[C@@H]1CCc2ccccc21)c1ccc(F)cc1F. The summed E-state index contributed by atoms with van der Waals surface area (Å²) in [6.07, 6.45) is 1.70. The molecule has 1 aliphatic carbocycles. The van der Waals surface area contributed by atoms with Crippen molar-refractivity contribution in [1.29, 1.82) is 0 Å². The molecule has 0 aliphatic heterocycles. The maximum absolute atomic E-state index is 13.6. The van der Waals surface area contributed by atoms with Crippen LogP contribution in [0.15, 0.2) is 42.5 Å². The highest BCUT2D eigenvalue weighted by molar-refractivity contribution is 5.94. The molecule has 3 rings (SSSR count). The molecule has 0 spiro atoms. The maximum Gasteiger partial charge on any atom is 0.254 e. The van der Waals surface area contributed by atoms with E-state index >= 15 is 0 Å². The predicted octanol–water partition coefficient (Wildman–Crippen LogP) is 3.38. The van der Waals surface area contributed by atoms with Gasteiger partial charge in [-0.25, -0.2) is 8.78 Å². The van der Waals surface area contributed by atoms with E-state index in [1.54, 1.807) is 0 Å². The van der Waals surface area contributed by atoms with Crippen LogP contribution in [0, 0.1) is 11.6 Å². The van der Waals surface area contributed by atoms with Crippen molar-refractivity contribution in [3.05, 3.63) is 70.8 Å². The molecule has 0 saturated carbocycles. The highest BCUT2D eigenvalue weighted by Crippen LogP contribution is 2.30. The van der Waals surface area contributed by atoms with Crippen molar-refractivity contribution < 1.29 is 13.6 Å². The molecule has 0 fully saturated rings. The summed E-state index contributed by atoms with van der Waals surface area (Å²) in [6.45, 7) is 0. The van der Waals surface area contributed by atoms with E-state index in [1.165, 1.54) is 11.6 Å². The lowest BCUT2D eigenvalue weighted by Gasteiger charge is -2.14. The van der Waals surface area contributed by atoms with E-state index in [-0.39, 0.29) is 11.6 Å². The fourth-order valence-electron chi connectivity index (χ4n) is 2.62. The standard InChI is InChI=1S/C16H13F2NO/c17-11-6-7-13(14(18)9-11)16(20)19-15-8-5-10-3-1-2-4-12(10)15/h1-4,6-7,9,15H,5,8H2,(H,19,20)/t15-/m1/s1. The predicted molar refractivity (Wildman–Crippen MR) is 71.3 cm³/mol. The van der Waals surface area contributed by atoms with Crippen molar-refractivity contribution in [1.82, 2.24) is 5.32 Å². The Morgan fingerprint density at radius 2 is 1.95 bits per heavy atom. The van der Waals surface area contributed by atoms with Gasteiger partial charge in [0.1, 0.15) is 11.6 Å². The van der Waals surface area contributed by atoms with Gasteiger partial charge < -0.3 is 5.32 Å². The summed E-state index contributed by atoms with van der Waals surface area (Å²) in [4.78, 5) is 12.1. The van der Waals surface area contributed by atoms with Crippen LogP contribution >= 0.6 is 0 Å². The zero-order valence-corrected chi connectivity index (χ0v) is 10.7. The van der Waals surface area contributed by atoms with Gasteiger partial charge in [0.15, 0.2) is 0 Å². The van der Waals surface area contributed by atoms with Crippen molar-refractivity contribution in [2.24, 2.45) is 0 Å². The molecule has 20 heavy (non-hydrogen) atoms. The Balaban J connectivity index is 1.81. The van der Waals surface area contributed by atoms with Gasteiger partial charge in [0, 0.05) is 6.07 Å². The lowest BCUT2D eigenvalue weighted by Crippen LogP contribution is -2.27. The van der Waals surface area contributed by atoms with Crippen molar-refractivity contribution in [2.45, 2.75) is 18.9 Å². The average molecular weight is 273 g/mol. The monoisotopic (exact) mass is 273 g/mol. The third-order valence-corrected chi connectivity index (χ3v) is 3.61. The molecule has 1 aliphatic rings. The number of carbonyl (C=O) groups is 1. The molecule has 1 atom stereocenters. The molecular formula is C16H13F2NO. The lowest BCUT2D eigenvalue weighted by atomic mass is 10.1. The Morgan fingerprint density at radius 1 is 1.15 bits per heavy atom. The Kier molecular flexibility index (Phi) is 3.22. The summed E-state index contributed by atoms with van der Waals surface area (Å²) in [5.74, 6) is -2.04. The zero-order chi connectivity index (χ0) is 14.1. The molecular weight excluding hydrogens is 260 g/mol. The van der Waals surface area contributed by atoms with Gasteiger partial charge in [-0.05, 0) is 36.1 Å². The molecule has 0 saturated heterocycles. The second-order valence-corrected chi connectivity index (χ2v) is 4.89. The number of carbonyl (C=O) groups excluding carboxylic acids is 1. The summed E-state index contributed by atoms with van der Waals surface area (Å²) in [7, 11) is 0. The number of aryl methyl sites for hydroxylation is 1. The van der Waals surface area contributed by atoms with Gasteiger partial charge in [0.25, 0.3) is 5.91 Å². The first-order valence-electron chi connectivity index (χ1n) is 6.49. The largest absolute Gasteiger partial charge is 0.345 e. The fourth-order valence-corrected chi connectivity index (χ4v) is 2.62. The van der Waals surface area contributed by atoms with Crippen LogP contribution in [0.5, 0.6) is 0 Å². The van der Waals surface area contributed by atoms with Crippen molar-refractivity contribution in [2.75, 3.05) is 0 Å². The topological polar surface area (TPSA) is 29.1 Å². The van der Waals surface area contributed by atoms with Crippen molar-refractivity contribution >= 4 is 5.91 Å². The molecule has 2 aromatic carbocycles. The second-order valence-electron chi connectivity index (χ2n) is 4.89. The lowest BCUT2D eigenvalue weighted by molar-refractivity contribution is 0.0932. The van der Waals surface area contributed by atoms with Crippen LogP contribution in [0.2, 0.25) is 0 Å². The summed E-state index contributed by atoms with van der Waals surface area (Å²) < 4.78 is 26.4. The molecule has 0 heterocycles. The third-order valence-electron chi connectivity index (χ3n) is 3.61. The van der Waals surface area contributed by atoms with Gasteiger partial charge >= 0.3 is 0 Å². The Hall–Kier alpha value is -2.23. The molecule has 2 aromatic rings. The van der Waals surface area contributed by atoms with Gasteiger partial charge in [0.05, 0.1) is 11.6 Å². The zero-order valence-electron chi connectivity index (χ0n) is 10.7. The van der Waals surface area contributed by atoms with Gasteiger partial charge in [-0.3, -0.25) is 4.79 Å². The number of hydrogen-bond donors (Lipinski definition) is 1. The summed E-state index contributed by atoms with van der Waals surface area (Å²) in [5.41, 5.74) is 2.15. The average Bonchev–Trinajstić information content (AvgIpc) is 2.82. The number of rotatable bonds is 2. The third kappa shape index (κ3) is 2.29. The number of benzene rings is 2. The molecule has 0 unspecified atom stereocenters. The molecule has 2 nitrogen and oxygen atoms in total. The molecule has 102 valence electrons. The van der Waals surface area contributed by atoms with Crippen molar-refractivity contribution in [3.63, 3.8) is 0 Å². The van der Waals surface area contributed by atoms with Gasteiger partial charge in [-0.1, -0.05) is 24.3 Å². The molecule has 0 aromatic heterocycles. The Labute approximate surface area is 115 Å². The number of halogens is 2. The smallest absolute Gasteiger partial charge is 0.254 e. The highest BCUT2D eigenvalue weighted by Gasteiger charge is 2.24. The Morgan fingerprint density at radius 3 is 2.75 bits per heavy atom. The van der Waals surface area contributed by atoms with Gasteiger partial charge in [-0.15, -0.1) is 0 Å². The van der Waals surface area contributed by atoms with E-state index in [0.29, 0.717) is 0 Å². The molecule has 1 N–H and O–H groups in total. The first-order chi connectivity index (χ1) is 9.65. The van der Waals surface area contributed by atoms with E-state index in [0.717, 1.165) is 30.5 Å². The number of hydrogen-bond acceptors (Lipinski definition) is 1. The van der Waals surface area contributed by atoms with Crippen LogP contribution in [-0.2, 0) is 6.42 Å². The summed E-state index contributed by atoms with van der Waals surface area (Å²) in [6, 6.07) is 10.7. The van der Waals surface area contributed by atoms with Crippen LogP contribution in [0.4, 0.5) is 8.78 Å². The minimum absolute atomic E-state index is 0.108. The second kappa shape index (κ2) is 5.04. The van der Waals surface area contributed by atoms with E-state index in [4.69, 9.17) is 0 Å². The molecule has 1 amide bonds. The Bertz CT molecular complexity index is 669. The van der Waals surface area contributed by atoms with E-state index < -0.39 is 17.5 Å². The van der Waals surface area contributed by atoms with Gasteiger partial charge in [-0.2, -0.15) is 0 Å². The number of nitrogens with one attached hydrogen (secondary N) is 1. The van der Waals surface area contributed by atoms with Crippen LogP contribution < -0.4 is 5.32 Å². The molecule has 0 bridgehead atoms. The fraction of sp³-hybridized carbons (Fsp3) is 0.188. The van der Waals surface area contributed by atoms with Crippen LogP contribution in [-0.4, -0.2) is 5.91 Å². The van der Waals surface area contributed by atoms with Crippen LogP contribution in [0.3, 0.4) is 0 Å². The maximum atomic E-state index is 13.6. The van der Waals surface area contributed by atoms with Crippen LogP contribution in [0.1, 0.15) is 33.9 Å². The summed E-state index contributed by atoms with van der Waals surface area (Å²) >= 11 is 0. The first-order valence-corrected chi connectivity index (χ1v) is 6.49. The van der Waals surface area contributed by atoms with Crippen molar-refractivity contribution in [3.8, 4) is 0 Å². The first kappa shape index (κ1) is 12.8. The molecule has 4 heteroatoms. The van der Waals surface area contributed by atoms with E-state index in [1.807, 2.05) is 24.3 Å². The highest BCUT2D eigenvalue weighted by atomic mass is 19.1.